The van der Waals surface area contributed by atoms with Crippen molar-refractivity contribution in [3.05, 3.63) is 40.3 Å². The monoisotopic (exact) mass is 264 g/mol. The number of primary amides is 1. The van der Waals surface area contributed by atoms with Crippen molar-refractivity contribution in [3.8, 4) is 11.5 Å². The molecule has 0 fully saturated rings. The standard InChI is InChI=1S/C12H12N2O3S/c1-16-8-2-3-9(12(13)15)10(6-8)17-7-11-14-4-5-18-11/h2-6H,7H2,1H3,(H2,13,15). The van der Waals surface area contributed by atoms with Crippen molar-refractivity contribution in [1.82, 2.24) is 4.98 Å². The summed E-state index contributed by atoms with van der Waals surface area (Å²) in [6, 6.07) is 4.88. The van der Waals surface area contributed by atoms with Crippen molar-refractivity contribution < 1.29 is 14.3 Å². The minimum Gasteiger partial charge on any atom is -0.497 e. The van der Waals surface area contributed by atoms with Gasteiger partial charge in [-0.1, -0.05) is 0 Å². The number of nitrogens with two attached hydrogens (primary N) is 1. The van der Waals surface area contributed by atoms with Crippen LogP contribution in [0.1, 0.15) is 15.4 Å². The van der Waals surface area contributed by atoms with Gasteiger partial charge in [0.05, 0.1) is 12.7 Å². The van der Waals surface area contributed by atoms with Crippen molar-refractivity contribution in [1.29, 1.82) is 0 Å². The van der Waals surface area contributed by atoms with Gasteiger partial charge in [0, 0.05) is 17.6 Å². The lowest BCUT2D eigenvalue weighted by Gasteiger charge is -2.10. The second kappa shape index (κ2) is 5.50. The molecule has 0 atom stereocenters. The molecule has 1 amide bonds. The predicted octanol–water partition coefficient (Wildman–Crippen LogP) is 1.83. The average Bonchev–Trinajstić information content (AvgIpc) is 2.88. The molecule has 18 heavy (non-hydrogen) atoms. The summed E-state index contributed by atoms with van der Waals surface area (Å²) in [5.41, 5.74) is 5.61. The number of hydrogen-bond donors (Lipinski definition) is 1. The number of thiazole rings is 1. The summed E-state index contributed by atoms with van der Waals surface area (Å²) in [5, 5.41) is 2.69. The van der Waals surface area contributed by atoms with Gasteiger partial charge in [-0.2, -0.15) is 0 Å². The Labute approximate surface area is 108 Å². The van der Waals surface area contributed by atoms with E-state index < -0.39 is 5.91 Å². The molecule has 2 N–H and O–H groups in total. The third-order valence-electron chi connectivity index (χ3n) is 2.29. The normalized spacial score (nSPS) is 10.1. The number of carbonyl (C=O) groups excluding carboxylic acids is 1. The van der Waals surface area contributed by atoms with Gasteiger partial charge in [-0.05, 0) is 12.1 Å². The number of carbonyl (C=O) groups is 1. The average molecular weight is 264 g/mol. The topological polar surface area (TPSA) is 74.4 Å². The van der Waals surface area contributed by atoms with E-state index in [1.54, 1.807) is 31.5 Å². The van der Waals surface area contributed by atoms with Crippen molar-refractivity contribution in [2.24, 2.45) is 5.73 Å². The Morgan fingerprint density at radius 3 is 2.94 bits per heavy atom. The molecule has 2 rings (SSSR count). The van der Waals surface area contributed by atoms with Gasteiger partial charge < -0.3 is 15.2 Å². The minimum absolute atomic E-state index is 0.297. The maximum absolute atomic E-state index is 11.3. The molecule has 1 aromatic carbocycles. The molecule has 0 aliphatic heterocycles. The van der Waals surface area contributed by atoms with Crippen LogP contribution in [-0.2, 0) is 6.61 Å². The summed E-state index contributed by atoms with van der Waals surface area (Å²) in [6.07, 6.45) is 1.70. The molecule has 1 aromatic heterocycles. The zero-order valence-electron chi connectivity index (χ0n) is 9.75. The molecule has 6 heteroatoms. The number of nitrogens with zero attached hydrogens (tertiary/aromatic N) is 1. The first-order chi connectivity index (χ1) is 8.70. The summed E-state index contributed by atoms with van der Waals surface area (Å²) in [6.45, 7) is 0.297. The van der Waals surface area contributed by atoms with Gasteiger partial charge in [-0.15, -0.1) is 11.3 Å². The first-order valence-electron chi connectivity index (χ1n) is 5.19. The van der Waals surface area contributed by atoms with Crippen molar-refractivity contribution in [3.63, 3.8) is 0 Å². The number of methoxy groups -OCH3 is 1. The van der Waals surface area contributed by atoms with Crippen LogP contribution in [0, 0.1) is 0 Å². The van der Waals surface area contributed by atoms with E-state index in [0.717, 1.165) is 5.01 Å². The van der Waals surface area contributed by atoms with E-state index >= 15 is 0 Å². The van der Waals surface area contributed by atoms with E-state index in [-0.39, 0.29) is 0 Å². The van der Waals surface area contributed by atoms with Gasteiger partial charge >= 0.3 is 0 Å². The maximum Gasteiger partial charge on any atom is 0.252 e. The Hall–Kier alpha value is -2.08. The molecule has 0 aliphatic carbocycles. The van der Waals surface area contributed by atoms with Crippen molar-refractivity contribution >= 4 is 17.2 Å². The van der Waals surface area contributed by atoms with Crippen LogP contribution in [0.25, 0.3) is 0 Å². The summed E-state index contributed by atoms with van der Waals surface area (Å²) < 4.78 is 10.6. The van der Waals surface area contributed by atoms with E-state index in [4.69, 9.17) is 15.2 Å². The molecule has 5 nitrogen and oxygen atoms in total. The number of benzene rings is 1. The van der Waals surface area contributed by atoms with Crippen LogP contribution in [-0.4, -0.2) is 18.0 Å². The van der Waals surface area contributed by atoms with Gasteiger partial charge in [-0.3, -0.25) is 4.79 Å². The molecule has 0 bridgehead atoms. The first-order valence-corrected chi connectivity index (χ1v) is 6.07. The third kappa shape index (κ3) is 2.78. The quantitative estimate of drug-likeness (QED) is 0.894. The Balaban J connectivity index is 2.20. The van der Waals surface area contributed by atoms with Crippen molar-refractivity contribution in [2.75, 3.05) is 7.11 Å². The highest BCUT2D eigenvalue weighted by atomic mass is 32.1. The molecular formula is C12H12N2O3S. The molecule has 2 aromatic rings. The predicted molar refractivity (Wildman–Crippen MR) is 68.0 cm³/mol. The summed E-state index contributed by atoms with van der Waals surface area (Å²) >= 11 is 1.48. The van der Waals surface area contributed by atoms with Gasteiger partial charge in [0.15, 0.2) is 0 Å². The number of rotatable bonds is 5. The fourth-order valence-corrected chi connectivity index (χ4v) is 1.94. The lowest BCUT2D eigenvalue weighted by atomic mass is 10.2. The third-order valence-corrected chi connectivity index (χ3v) is 3.04. The van der Waals surface area contributed by atoms with Crippen molar-refractivity contribution in [2.45, 2.75) is 6.61 Å². The highest BCUT2D eigenvalue weighted by Crippen LogP contribution is 2.25. The number of ether oxygens (including phenoxy) is 2. The van der Waals surface area contributed by atoms with Crippen LogP contribution in [0.15, 0.2) is 29.8 Å². The molecule has 94 valence electrons. The van der Waals surface area contributed by atoms with Crippen LogP contribution in [0.4, 0.5) is 0 Å². The second-order valence-corrected chi connectivity index (χ2v) is 4.42. The first kappa shape index (κ1) is 12.4. The zero-order chi connectivity index (χ0) is 13.0. The zero-order valence-corrected chi connectivity index (χ0v) is 10.6. The fourth-order valence-electron chi connectivity index (χ4n) is 1.42. The number of aromatic nitrogens is 1. The summed E-state index contributed by atoms with van der Waals surface area (Å²) in [5.74, 6) is 0.470. The van der Waals surface area contributed by atoms with Gasteiger partial charge in [0.1, 0.15) is 23.1 Å². The van der Waals surface area contributed by atoms with E-state index in [0.29, 0.717) is 23.7 Å². The maximum atomic E-state index is 11.3. The minimum atomic E-state index is -0.535. The van der Waals surface area contributed by atoms with Crippen LogP contribution in [0.3, 0.4) is 0 Å². The molecule has 0 saturated carbocycles. The highest BCUT2D eigenvalue weighted by Gasteiger charge is 2.11. The number of hydrogen-bond acceptors (Lipinski definition) is 5. The lowest BCUT2D eigenvalue weighted by molar-refractivity contribution is 0.0996. The Bertz CT molecular complexity index is 540. The largest absolute Gasteiger partial charge is 0.497 e. The van der Waals surface area contributed by atoms with Crippen LogP contribution in [0.2, 0.25) is 0 Å². The van der Waals surface area contributed by atoms with E-state index in [1.165, 1.54) is 11.3 Å². The van der Waals surface area contributed by atoms with E-state index in [9.17, 15) is 4.79 Å². The van der Waals surface area contributed by atoms with E-state index in [2.05, 4.69) is 4.98 Å². The Kier molecular flexibility index (Phi) is 3.78. The van der Waals surface area contributed by atoms with Gasteiger partial charge in [0.2, 0.25) is 0 Å². The molecule has 0 radical (unpaired) electrons. The van der Waals surface area contributed by atoms with Gasteiger partial charge in [-0.25, -0.2) is 4.98 Å². The van der Waals surface area contributed by atoms with Crippen LogP contribution >= 0.6 is 11.3 Å². The Morgan fingerprint density at radius 1 is 1.50 bits per heavy atom. The smallest absolute Gasteiger partial charge is 0.252 e. The molecule has 0 saturated heterocycles. The molecular weight excluding hydrogens is 252 g/mol. The lowest BCUT2D eigenvalue weighted by Crippen LogP contribution is -2.13. The SMILES string of the molecule is COc1ccc(C(N)=O)c(OCc2nccs2)c1. The molecule has 1 heterocycles. The molecule has 0 spiro atoms. The van der Waals surface area contributed by atoms with Crippen LogP contribution < -0.4 is 15.2 Å². The van der Waals surface area contributed by atoms with E-state index in [1.807, 2.05) is 5.38 Å². The molecule has 0 aliphatic rings. The summed E-state index contributed by atoms with van der Waals surface area (Å²) in [4.78, 5) is 15.4. The fraction of sp³-hybridized carbons (Fsp3) is 0.167. The summed E-state index contributed by atoms with van der Waals surface area (Å²) in [7, 11) is 1.55. The van der Waals surface area contributed by atoms with Gasteiger partial charge in [0.25, 0.3) is 5.91 Å². The number of amides is 1. The highest BCUT2D eigenvalue weighted by molar-refractivity contribution is 7.09. The second-order valence-electron chi connectivity index (χ2n) is 3.44. The molecule has 0 unspecified atom stereocenters. The van der Waals surface area contributed by atoms with Crippen LogP contribution in [0.5, 0.6) is 11.5 Å². The Morgan fingerprint density at radius 2 is 2.33 bits per heavy atom.